The number of hydrogen-bond acceptors (Lipinski definition) is 6. The number of amidine groups is 1. The van der Waals surface area contributed by atoms with Gasteiger partial charge in [-0.1, -0.05) is 31.2 Å². The summed E-state index contributed by atoms with van der Waals surface area (Å²) in [4.78, 5) is 36.7. The normalized spacial score (nSPS) is 28.4. The zero-order valence-electron chi connectivity index (χ0n) is 18.0. The predicted octanol–water partition coefficient (Wildman–Crippen LogP) is 4.44. The first-order valence-electron chi connectivity index (χ1n) is 10.6. The van der Waals surface area contributed by atoms with E-state index in [4.69, 9.17) is 4.74 Å². The molecule has 0 bridgehead atoms. The number of nitrogens with zero attached hydrogens (tertiary/aromatic N) is 3. The van der Waals surface area contributed by atoms with Crippen LogP contribution in [0.15, 0.2) is 56.5 Å². The lowest BCUT2D eigenvalue weighted by Gasteiger charge is -2.39. The maximum Gasteiger partial charge on any atom is 0.339 e. The molecule has 0 saturated carbocycles. The second-order valence-corrected chi connectivity index (χ2v) is 9.87. The van der Waals surface area contributed by atoms with Crippen LogP contribution in [-0.2, 0) is 15.1 Å². The van der Waals surface area contributed by atoms with Gasteiger partial charge >= 0.3 is 5.97 Å². The molecule has 160 valence electrons. The molecule has 7 heteroatoms. The Morgan fingerprint density at radius 1 is 1.19 bits per heavy atom. The third-order valence-electron chi connectivity index (χ3n) is 6.92. The molecule has 1 aromatic rings. The van der Waals surface area contributed by atoms with Crippen molar-refractivity contribution in [2.24, 2.45) is 15.4 Å². The zero-order valence-corrected chi connectivity index (χ0v) is 18.8. The molecule has 4 aliphatic heterocycles. The lowest BCUT2D eigenvalue weighted by molar-refractivity contribution is -0.113. The maximum atomic E-state index is 12.8. The van der Waals surface area contributed by atoms with E-state index in [0.29, 0.717) is 36.4 Å². The van der Waals surface area contributed by atoms with Crippen LogP contribution >= 0.6 is 11.8 Å². The van der Waals surface area contributed by atoms with Gasteiger partial charge in [0.1, 0.15) is 5.60 Å². The van der Waals surface area contributed by atoms with E-state index in [9.17, 15) is 9.59 Å². The highest BCUT2D eigenvalue weighted by Gasteiger charge is 2.48. The van der Waals surface area contributed by atoms with Gasteiger partial charge in [-0.25, -0.2) is 4.79 Å². The molecule has 4 aliphatic rings. The number of fused-ring (bicyclic) bond motifs is 2. The van der Waals surface area contributed by atoms with Crippen molar-refractivity contribution in [3.8, 4) is 0 Å². The molecule has 31 heavy (non-hydrogen) atoms. The molecule has 1 amide bonds. The van der Waals surface area contributed by atoms with Gasteiger partial charge in [0.25, 0.3) is 5.91 Å². The third kappa shape index (κ3) is 3.26. The number of allylic oxidation sites excluding steroid dienone is 3. The Bertz CT molecular complexity index is 1110. The Balaban J connectivity index is 1.32. The van der Waals surface area contributed by atoms with Crippen LogP contribution in [0.1, 0.15) is 56.0 Å². The molecule has 1 unspecified atom stereocenters. The van der Waals surface area contributed by atoms with E-state index in [-0.39, 0.29) is 17.3 Å². The molecule has 1 fully saturated rings. The Hall–Kier alpha value is -2.67. The van der Waals surface area contributed by atoms with Crippen LogP contribution < -0.4 is 0 Å². The molecule has 1 atom stereocenters. The van der Waals surface area contributed by atoms with Crippen molar-refractivity contribution in [3.63, 3.8) is 0 Å². The van der Waals surface area contributed by atoms with Crippen molar-refractivity contribution in [1.29, 1.82) is 0 Å². The molecule has 4 heterocycles. The van der Waals surface area contributed by atoms with E-state index >= 15 is 0 Å². The maximum absolute atomic E-state index is 12.8. The number of thioether (sulfide) groups is 1. The Morgan fingerprint density at radius 2 is 1.94 bits per heavy atom. The molecule has 0 N–H and O–H groups in total. The number of esters is 1. The molecule has 0 aromatic heterocycles. The lowest BCUT2D eigenvalue weighted by atomic mass is 9.79. The minimum Gasteiger partial charge on any atom is -0.450 e. The van der Waals surface area contributed by atoms with E-state index in [0.717, 1.165) is 28.4 Å². The summed E-state index contributed by atoms with van der Waals surface area (Å²) >= 11 is 1.46. The van der Waals surface area contributed by atoms with Gasteiger partial charge in [-0.3, -0.25) is 9.79 Å². The highest BCUT2D eigenvalue weighted by molar-refractivity contribution is 8.18. The highest BCUT2D eigenvalue weighted by atomic mass is 32.2. The number of carbonyl (C=O) groups excluding carboxylic acids is 2. The van der Waals surface area contributed by atoms with Crippen LogP contribution in [0.25, 0.3) is 0 Å². The monoisotopic (exact) mass is 435 g/mol. The van der Waals surface area contributed by atoms with Gasteiger partial charge in [0.05, 0.1) is 10.5 Å². The first-order chi connectivity index (χ1) is 14.8. The molecule has 1 saturated heterocycles. The van der Waals surface area contributed by atoms with Gasteiger partial charge in [0.2, 0.25) is 0 Å². The first kappa shape index (κ1) is 20.2. The summed E-state index contributed by atoms with van der Waals surface area (Å²) in [6.45, 7) is 7.49. The number of rotatable bonds is 1. The summed E-state index contributed by atoms with van der Waals surface area (Å²) in [6, 6.07) is 7.65. The molecule has 0 radical (unpaired) electrons. The fourth-order valence-corrected chi connectivity index (χ4v) is 5.80. The standard InChI is InChI=1S/C24H25N3O3S/c1-15-8-9-23(3,14-25-15)16(2)19-20(28)26-22(31-19)27-12-10-24(11-13-27)18-7-5-4-6-17(18)21(29)30-24/h4-8,14H,9-13H2,1-3H3/b19-16-. The van der Waals surface area contributed by atoms with Crippen LogP contribution in [0, 0.1) is 5.41 Å². The number of ether oxygens (including phenoxy) is 1. The topological polar surface area (TPSA) is 71.3 Å². The van der Waals surface area contributed by atoms with Gasteiger partial charge in [-0.15, -0.1) is 0 Å². The lowest BCUT2D eigenvalue weighted by Crippen LogP contribution is -2.44. The fraction of sp³-hybridized carbons (Fsp3) is 0.417. The number of piperidine rings is 1. The number of aliphatic imine (C=N–C) groups is 2. The van der Waals surface area contributed by atoms with E-state index < -0.39 is 5.60 Å². The van der Waals surface area contributed by atoms with Crippen molar-refractivity contribution in [1.82, 2.24) is 4.90 Å². The first-order valence-corrected chi connectivity index (χ1v) is 11.4. The summed E-state index contributed by atoms with van der Waals surface area (Å²) < 4.78 is 5.84. The molecule has 1 spiro atoms. The van der Waals surface area contributed by atoms with Crippen LogP contribution in [0.5, 0.6) is 0 Å². The number of benzene rings is 1. The SMILES string of the molecule is CC1=CCC(C)(/C(C)=C2\SC(N3CCC4(CC3)OC(=O)c3ccccc34)=NC2=O)C=N1. The van der Waals surface area contributed by atoms with Gasteiger partial charge in [-0.05, 0) is 43.7 Å². The molecule has 0 aliphatic carbocycles. The van der Waals surface area contributed by atoms with Crippen molar-refractivity contribution < 1.29 is 14.3 Å². The van der Waals surface area contributed by atoms with E-state index in [1.54, 1.807) is 0 Å². The van der Waals surface area contributed by atoms with Gasteiger partial charge in [-0.2, -0.15) is 4.99 Å². The quantitative estimate of drug-likeness (QED) is 0.482. The molecule has 1 aromatic carbocycles. The van der Waals surface area contributed by atoms with Crippen LogP contribution in [-0.4, -0.2) is 41.2 Å². The fourth-order valence-electron chi connectivity index (χ4n) is 4.66. The second kappa shape index (κ2) is 7.19. The van der Waals surface area contributed by atoms with E-state index in [2.05, 4.69) is 27.9 Å². The summed E-state index contributed by atoms with van der Waals surface area (Å²) in [7, 11) is 0. The Kier molecular flexibility index (Phi) is 4.70. The number of hydrogen-bond donors (Lipinski definition) is 0. The van der Waals surface area contributed by atoms with Crippen molar-refractivity contribution >= 4 is 35.0 Å². The van der Waals surface area contributed by atoms with Crippen molar-refractivity contribution in [3.05, 3.63) is 57.6 Å². The molecular formula is C24H25N3O3S. The zero-order chi connectivity index (χ0) is 21.8. The minimum atomic E-state index is -0.553. The highest BCUT2D eigenvalue weighted by Crippen LogP contribution is 2.46. The smallest absolute Gasteiger partial charge is 0.339 e. The van der Waals surface area contributed by atoms with Gasteiger partial charge < -0.3 is 9.64 Å². The third-order valence-corrected chi connectivity index (χ3v) is 8.14. The summed E-state index contributed by atoms with van der Waals surface area (Å²) in [5, 5.41) is 0.745. The summed E-state index contributed by atoms with van der Waals surface area (Å²) in [6.07, 6.45) is 6.28. The van der Waals surface area contributed by atoms with Crippen molar-refractivity contribution in [2.75, 3.05) is 13.1 Å². The second-order valence-electron chi connectivity index (χ2n) is 8.90. The number of likely N-dealkylation sites (tertiary alicyclic amines) is 1. The van der Waals surface area contributed by atoms with E-state index in [1.807, 2.05) is 44.3 Å². The van der Waals surface area contributed by atoms with Crippen molar-refractivity contribution in [2.45, 2.75) is 45.6 Å². The largest absolute Gasteiger partial charge is 0.450 e. The summed E-state index contributed by atoms with van der Waals surface area (Å²) in [5.74, 6) is -0.407. The van der Waals surface area contributed by atoms with Crippen LogP contribution in [0.3, 0.4) is 0 Å². The summed E-state index contributed by atoms with van der Waals surface area (Å²) in [5.41, 5.74) is 2.86. The predicted molar refractivity (Wildman–Crippen MR) is 122 cm³/mol. The number of carbonyl (C=O) groups is 2. The minimum absolute atomic E-state index is 0.170. The Morgan fingerprint density at radius 3 is 2.65 bits per heavy atom. The molecule has 5 rings (SSSR count). The molecular weight excluding hydrogens is 410 g/mol. The number of amides is 1. The Labute approximate surface area is 186 Å². The van der Waals surface area contributed by atoms with Gasteiger partial charge in [0.15, 0.2) is 5.17 Å². The van der Waals surface area contributed by atoms with Crippen LogP contribution in [0.2, 0.25) is 0 Å². The van der Waals surface area contributed by atoms with Crippen LogP contribution in [0.4, 0.5) is 0 Å². The van der Waals surface area contributed by atoms with Gasteiger partial charge in [0, 0.05) is 48.8 Å². The average Bonchev–Trinajstić information content (AvgIpc) is 3.29. The molecule has 6 nitrogen and oxygen atoms in total. The average molecular weight is 436 g/mol. The van der Waals surface area contributed by atoms with E-state index in [1.165, 1.54) is 11.8 Å².